The summed E-state index contributed by atoms with van der Waals surface area (Å²) in [5.74, 6) is 0. The molecule has 0 atom stereocenters. The molecule has 0 saturated heterocycles. The van der Waals surface area contributed by atoms with Gasteiger partial charge in [-0.15, -0.1) is 0 Å². The molecule has 0 aliphatic heterocycles. The Morgan fingerprint density at radius 3 is 2.50 bits per heavy atom. The summed E-state index contributed by atoms with van der Waals surface area (Å²) in [4.78, 5) is 0. The fourth-order valence-electron chi connectivity index (χ4n) is 0.751. The highest BCUT2D eigenvalue weighted by Gasteiger charge is 1.83. The quantitative estimate of drug-likeness (QED) is 0.594. The predicted octanol–water partition coefficient (Wildman–Crippen LogP) is 2.25. The van der Waals surface area contributed by atoms with Crippen molar-refractivity contribution >= 4 is 0 Å². The van der Waals surface area contributed by atoms with E-state index in [0.29, 0.717) is 6.54 Å². The van der Waals surface area contributed by atoms with Crippen LogP contribution in [0.4, 0.5) is 0 Å². The molecule has 1 heteroatoms. The largest absolute Gasteiger partial charge is 0.327 e. The molecule has 0 saturated carbocycles. The van der Waals surface area contributed by atoms with Gasteiger partial charge in [0.1, 0.15) is 0 Å². The molecule has 10 heavy (non-hydrogen) atoms. The van der Waals surface area contributed by atoms with Gasteiger partial charge in [-0.1, -0.05) is 37.6 Å². The maximum Gasteiger partial charge on any atom is 0.0112 e. The van der Waals surface area contributed by atoms with Gasteiger partial charge in [0, 0.05) is 6.54 Å². The molecule has 0 aliphatic rings. The first-order chi connectivity index (χ1) is 4.85. The van der Waals surface area contributed by atoms with Crippen LogP contribution in [0.2, 0.25) is 0 Å². The van der Waals surface area contributed by atoms with Gasteiger partial charge in [-0.25, -0.2) is 0 Å². The van der Waals surface area contributed by atoms with E-state index in [4.69, 9.17) is 5.73 Å². The van der Waals surface area contributed by atoms with Gasteiger partial charge in [0.15, 0.2) is 0 Å². The van der Waals surface area contributed by atoms with Crippen molar-refractivity contribution in [3.63, 3.8) is 0 Å². The average molecular weight is 139 g/mol. The fraction of sp³-hybridized carbons (Fsp3) is 0.556. The summed E-state index contributed by atoms with van der Waals surface area (Å²) >= 11 is 0. The van der Waals surface area contributed by atoms with Crippen LogP contribution in [-0.2, 0) is 0 Å². The molecule has 1 nitrogen and oxygen atoms in total. The summed E-state index contributed by atoms with van der Waals surface area (Å²) in [6.45, 7) is 4.92. The summed E-state index contributed by atoms with van der Waals surface area (Å²) in [5.41, 5.74) is 6.70. The highest BCUT2D eigenvalue weighted by atomic mass is 14.5. The van der Waals surface area contributed by atoms with Gasteiger partial charge < -0.3 is 5.73 Å². The van der Waals surface area contributed by atoms with E-state index in [1.807, 2.05) is 0 Å². The van der Waals surface area contributed by atoms with E-state index in [9.17, 15) is 0 Å². The SMILES string of the molecule is CC/C=C\C(=C/CN)CC. The zero-order chi connectivity index (χ0) is 7.82. The van der Waals surface area contributed by atoms with E-state index in [-0.39, 0.29) is 0 Å². The zero-order valence-corrected chi connectivity index (χ0v) is 6.93. The highest BCUT2D eigenvalue weighted by molar-refractivity contribution is 5.18. The number of hydrogen-bond donors (Lipinski definition) is 1. The van der Waals surface area contributed by atoms with Crippen molar-refractivity contribution in [1.82, 2.24) is 0 Å². The lowest BCUT2D eigenvalue weighted by Crippen LogP contribution is -1.94. The van der Waals surface area contributed by atoms with Crippen LogP contribution >= 0.6 is 0 Å². The minimum atomic E-state index is 0.650. The molecular weight excluding hydrogens is 122 g/mol. The van der Waals surface area contributed by atoms with E-state index in [2.05, 4.69) is 32.1 Å². The first-order valence-corrected chi connectivity index (χ1v) is 3.90. The molecule has 0 heterocycles. The van der Waals surface area contributed by atoms with Crippen molar-refractivity contribution in [1.29, 1.82) is 0 Å². The molecule has 0 aromatic rings. The monoisotopic (exact) mass is 139 g/mol. The van der Waals surface area contributed by atoms with Crippen LogP contribution in [0.15, 0.2) is 23.8 Å². The van der Waals surface area contributed by atoms with Gasteiger partial charge in [-0.05, 0) is 12.8 Å². The van der Waals surface area contributed by atoms with Gasteiger partial charge in [0.2, 0.25) is 0 Å². The van der Waals surface area contributed by atoms with Crippen LogP contribution in [0.1, 0.15) is 26.7 Å². The Bertz CT molecular complexity index is 123. The van der Waals surface area contributed by atoms with Crippen LogP contribution < -0.4 is 5.73 Å². The number of hydrogen-bond acceptors (Lipinski definition) is 1. The molecular formula is C9H17N. The maximum atomic E-state index is 5.37. The molecule has 58 valence electrons. The van der Waals surface area contributed by atoms with Gasteiger partial charge in [-0.3, -0.25) is 0 Å². The van der Waals surface area contributed by atoms with Gasteiger partial charge >= 0.3 is 0 Å². The lowest BCUT2D eigenvalue weighted by atomic mass is 10.1. The predicted molar refractivity (Wildman–Crippen MR) is 46.9 cm³/mol. The van der Waals surface area contributed by atoms with E-state index in [1.54, 1.807) is 0 Å². The molecule has 0 aromatic heterocycles. The molecule has 0 bridgehead atoms. The number of rotatable bonds is 4. The van der Waals surface area contributed by atoms with Crippen molar-refractivity contribution in [2.75, 3.05) is 6.54 Å². The lowest BCUT2D eigenvalue weighted by molar-refractivity contribution is 1.10. The minimum absolute atomic E-state index is 0.650. The Balaban J connectivity index is 3.82. The van der Waals surface area contributed by atoms with E-state index in [1.165, 1.54) is 5.57 Å². The third-order valence-electron chi connectivity index (χ3n) is 1.36. The maximum absolute atomic E-state index is 5.37. The Morgan fingerprint density at radius 2 is 2.10 bits per heavy atom. The Kier molecular flexibility index (Phi) is 6.19. The van der Waals surface area contributed by atoms with Crippen LogP contribution in [0.25, 0.3) is 0 Å². The minimum Gasteiger partial charge on any atom is -0.327 e. The summed E-state index contributed by atoms with van der Waals surface area (Å²) in [7, 11) is 0. The second-order valence-electron chi connectivity index (χ2n) is 2.18. The first kappa shape index (κ1) is 9.44. The molecule has 0 aliphatic carbocycles. The van der Waals surface area contributed by atoms with Gasteiger partial charge in [-0.2, -0.15) is 0 Å². The number of allylic oxidation sites excluding steroid dienone is 3. The standard InChI is InChI=1S/C9H17N/c1-3-5-6-9(4-2)7-8-10/h5-7H,3-4,8,10H2,1-2H3/b6-5-,9-7-. The third kappa shape index (κ3) is 4.33. The van der Waals surface area contributed by atoms with Crippen LogP contribution in [-0.4, -0.2) is 6.54 Å². The van der Waals surface area contributed by atoms with Crippen molar-refractivity contribution < 1.29 is 0 Å². The molecule has 0 rings (SSSR count). The Morgan fingerprint density at radius 1 is 1.40 bits per heavy atom. The molecule has 0 radical (unpaired) electrons. The third-order valence-corrected chi connectivity index (χ3v) is 1.36. The van der Waals surface area contributed by atoms with Crippen LogP contribution in [0.5, 0.6) is 0 Å². The highest BCUT2D eigenvalue weighted by Crippen LogP contribution is 2.01. The Labute approximate surface area is 63.6 Å². The van der Waals surface area contributed by atoms with Crippen LogP contribution in [0, 0.1) is 0 Å². The van der Waals surface area contributed by atoms with Crippen molar-refractivity contribution in [2.45, 2.75) is 26.7 Å². The summed E-state index contributed by atoms with van der Waals surface area (Å²) in [5, 5.41) is 0. The topological polar surface area (TPSA) is 26.0 Å². The van der Waals surface area contributed by atoms with E-state index < -0.39 is 0 Å². The molecule has 0 fully saturated rings. The second-order valence-corrected chi connectivity index (χ2v) is 2.18. The van der Waals surface area contributed by atoms with Crippen molar-refractivity contribution in [2.24, 2.45) is 5.73 Å². The summed E-state index contributed by atoms with van der Waals surface area (Å²) in [6, 6.07) is 0. The van der Waals surface area contributed by atoms with Crippen molar-refractivity contribution in [3.05, 3.63) is 23.8 Å². The lowest BCUT2D eigenvalue weighted by Gasteiger charge is -1.93. The fourth-order valence-corrected chi connectivity index (χ4v) is 0.751. The summed E-state index contributed by atoms with van der Waals surface area (Å²) in [6.07, 6.45) is 8.54. The zero-order valence-electron chi connectivity index (χ0n) is 6.93. The smallest absolute Gasteiger partial charge is 0.0112 e. The van der Waals surface area contributed by atoms with E-state index in [0.717, 1.165) is 12.8 Å². The van der Waals surface area contributed by atoms with Gasteiger partial charge in [0.25, 0.3) is 0 Å². The van der Waals surface area contributed by atoms with Crippen molar-refractivity contribution in [3.8, 4) is 0 Å². The molecule has 0 amide bonds. The first-order valence-electron chi connectivity index (χ1n) is 3.90. The Hall–Kier alpha value is -0.560. The second kappa shape index (κ2) is 6.56. The molecule has 2 N–H and O–H groups in total. The average Bonchev–Trinajstić information content (AvgIpc) is 1.98. The molecule has 0 aromatic carbocycles. The molecule has 0 unspecified atom stereocenters. The number of nitrogens with two attached hydrogens (primary N) is 1. The van der Waals surface area contributed by atoms with Gasteiger partial charge in [0.05, 0.1) is 0 Å². The van der Waals surface area contributed by atoms with Crippen LogP contribution in [0.3, 0.4) is 0 Å². The summed E-state index contributed by atoms with van der Waals surface area (Å²) < 4.78 is 0. The molecule has 0 spiro atoms. The van der Waals surface area contributed by atoms with E-state index >= 15 is 0 Å². The normalized spacial score (nSPS) is 12.9.